The van der Waals surface area contributed by atoms with Crippen molar-refractivity contribution in [3.8, 4) is 16.8 Å². The van der Waals surface area contributed by atoms with Gasteiger partial charge >= 0.3 is 0 Å². The van der Waals surface area contributed by atoms with Crippen molar-refractivity contribution >= 4 is 11.4 Å². The maximum atomic E-state index is 11.0. The number of hydrogen-bond donors (Lipinski definition) is 1. The van der Waals surface area contributed by atoms with Gasteiger partial charge in [0.1, 0.15) is 0 Å². The van der Waals surface area contributed by atoms with Crippen LogP contribution < -0.4 is 10.2 Å². The van der Waals surface area contributed by atoms with Crippen molar-refractivity contribution in [2.75, 3.05) is 44.2 Å². The molecule has 0 spiro atoms. The Kier molecular flexibility index (Phi) is 8.92. The molecule has 218 valence electrons. The van der Waals surface area contributed by atoms with E-state index in [2.05, 4.69) is 69.8 Å². The first-order chi connectivity index (χ1) is 20.6. The second-order valence-electron chi connectivity index (χ2n) is 11.5. The number of nitrogens with zero attached hydrogens (tertiary/aromatic N) is 5. The molecule has 0 unspecified atom stereocenters. The third-order valence-corrected chi connectivity index (χ3v) is 8.78. The van der Waals surface area contributed by atoms with E-state index >= 15 is 0 Å². The number of piperazine rings is 1. The standard InChI is InChI=1S/C34H40N6O2/c41-40(42)32-16-14-30(15-17-32)38-22-20-37(21-23-38)19-18-35-25-34-33(26-39(36-34)31-12-5-2-6-13-31)29-11-7-10-28(24-29)27-8-3-1-4-9-27/h2,5-7,10-17,24,26-27,35H,1,3-4,8-9,18-23,25H2. The molecule has 8 nitrogen and oxygen atoms in total. The second kappa shape index (κ2) is 13.3. The highest BCUT2D eigenvalue weighted by molar-refractivity contribution is 5.67. The van der Waals surface area contributed by atoms with Gasteiger partial charge in [0.25, 0.3) is 5.69 Å². The number of nitro groups is 1. The highest BCUT2D eigenvalue weighted by atomic mass is 16.6. The van der Waals surface area contributed by atoms with E-state index in [9.17, 15) is 10.1 Å². The van der Waals surface area contributed by atoms with E-state index in [0.717, 1.165) is 56.3 Å². The fraction of sp³-hybridized carbons (Fsp3) is 0.382. The fourth-order valence-corrected chi connectivity index (χ4v) is 6.35. The number of hydrogen-bond acceptors (Lipinski definition) is 6. The van der Waals surface area contributed by atoms with Crippen LogP contribution in [0, 0.1) is 10.1 Å². The van der Waals surface area contributed by atoms with Gasteiger partial charge in [-0.15, -0.1) is 0 Å². The molecule has 2 heterocycles. The molecule has 1 saturated carbocycles. The van der Waals surface area contributed by atoms with Gasteiger partial charge in [0.2, 0.25) is 0 Å². The molecule has 3 aromatic carbocycles. The lowest BCUT2D eigenvalue weighted by Crippen LogP contribution is -2.48. The second-order valence-corrected chi connectivity index (χ2v) is 11.5. The van der Waals surface area contributed by atoms with Crippen LogP contribution in [0.25, 0.3) is 16.8 Å². The summed E-state index contributed by atoms with van der Waals surface area (Å²) in [4.78, 5) is 15.4. The Morgan fingerprint density at radius 1 is 0.857 bits per heavy atom. The van der Waals surface area contributed by atoms with Crippen molar-refractivity contribution in [1.29, 1.82) is 0 Å². The summed E-state index contributed by atoms with van der Waals surface area (Å²) < 4.78 is 2.01. The van der Waals surface area contributed by atoms with E-state index in [1.54, 1.807) is 12.1 Å². The highest BCUT2D eigenvalue weighted by Crippen LogP contribution is 2.35. The normalized spacial score (nSPS) is 16.5. The summed E-state index contributed by atoms with van der Waals surface area (Å²) in [6.45, 7) is 6.35. The molecule has 0 amide bonds. The minimum Gasteiger partial charge on any atom is -0.369 e. The molecule has 6 rings (SSSR count). The van der Waals surface area contributed by atoms with Crippen molar-refractivity contribution < 1.29 is 4.92 Å². The number of nitrogens with one attached hydrogen (secondary N) is 1. The van der Waals surface area contributed by atoms with Gasteiger partial charge in [0.15, 0.2) is 0 Å². The minimum atomic E-state index is -0.349. The Bertz CT molecular complexity index is 1460. The quantitative estimate of drug-likeness (QED) is 0.136. The fourth-order valence-electron chi connectivity index (χ4n) is 6.35. The van der Waals surface area contributed by atoms with Crippen LogP contribution >= 0.6 is 0 Å². The molecule has 1 aliphatic carbocycles. The molecule has 0 bridgehead atoms. The van der Waals surface area contributed by atoms with Crippen LogP contribution in [0.5, 0.6) is 0 Å². The zero-order chi connectivity index (χ0) is 28.7. The molecular formula is C34H40N6O2. The Morgan fingerprint density at radius 3 is 2.36 bits per heavy atom. The van der Waals surface area contributed by atoms with Crippen LogP contribution in [-0.4, -0.2) is 58.9 Å². The lowest BCUT2D eigenvalue weighted by atomic mass is 9.83. The summed E-state index contributed by atoms with van der Waals surface area (Å²) in [6, 6.07) is 26.4. The SMILES string of the molecule is O=[N+]([O-])c1ccc(N2CCN(CCNCc3nn(-c4ccccc4)cc3-c3cccc(C4CCCCC4)c3)CC2)cc1. The summed E-state index contributed by atoms with van der Waals surface area (Å²) in [5.74, 6) is 0.672. The zero-order valence-electron chi connectivity index (χ0n) is 24.2. The van der Waals surface area contributed by atoms with Gasteiger partial charge in [-0.3, -0.25) is 15.0 Å². The monoisotopic (exact) mass is 564 g/mol. The summed E-state index contributed by atoms with van der Waals surface area (Å²) in [5, 5.41) is 19.7. The van der Waals surface area contributed by atoms with Crippen LogP contribution in [0.3, 0.4) is 0 Å². The molecular weight excluding hydrogens is 524 g/mol. The number of benzene rings is 3. The number of para-hydroxylation sites is 1. The molecule has 0 radical (unpaired) electrons. The number of rotatable bonds is 10. The van der Waals surface area contributed by atoms with E-state index < -0.39 is 0 Å². The van der Waals surface area contributed by atoms with Gasteiger partial charge in [-0.25, -0.2) is 4.68 Å². The van der Waals surface area contributed by atoms with Crippen molar-refractivity contribution in [3.63, 3.8) is 0 Å². The summed E-state index contributed by atoms with van der Waals surface area (Å²) >= 11 is 0. The molecule has 1 aliphatic heterocycles. The topological polar surface area (TPSA) is 79.5 Å². The molecule has 2 aliphatic rings. The largest absolute Gasteiger partial charge is 0.369 e. The van der Waals surface area contributed by atoms with Crippen LogP contribution in [0.4, 0.5) is 11.4 Å². The van der Waals surface area contributed by atoms with E-state index in [1.807, 2.05) is 22.9 Å². The molecule has 4 aromatic rings. The van der Waals surface area contributed by atoms with Gasteiger partial charge in [0.05, 0.1) is 16.3 Å². The number of anilines is 1. The number of aromatic nitrogens is 2. The first kappa shape index (κ1) is 28.1. The first-order valence-electron chi connectivity index (χ1n) is 15.3. The van der Waals surface area contributed by atoms with E-state index in [4.69, 9.17) is 5.10 Å². The molecule has 1 saturated heterocycles. The maximum absolute atomic E-state index is 11.0. The molecule has 0 atom stereocenters. The predicted octanol–water partition coefficient (Wildman–Crippen LogP) is 6.41. The third-order valence-electron chi connectivity index (χ3n) is 8.78. The predicted molar refractivity (Wildman–Crippen MR) is 168 cm³/mol. The Morgan fingerprint density at radius 2 is 1.62 bits per heavy atom. The lowest BCUT2D eigenvalue weighted by Gasteiger charge is -2.36. The Labute approximate surface area is 248 Å². The lowest BCUT2D eigenvalue weighted by molar-refractivity contribution is -0.384. The maximum Gasteiger partial charge on any atom is 0.269 e. The number of non-ortho nitro benzene ring substituents is 1. The van der Waals surface area contributed by atoms with Gasteiger partial charge in [-0.05, 0) is 54.2 Å². The van der Waals surface area contributed by atoms with E-state index in [-0.39, 0.29) is 10.6 Å². The van der Waals surface area contributed by atoms with Gasteiger partial charge in [-0.2, -0.15) is 5.10 Å². The van der Waals surface area contributed by atoms with Crippen molar-refractivity contribution in [2.24, 2.45) is 0 Å². The molecule has 8 heteroatoms. The summed E-state index contributed by atoms with van der Waals surface area (Å²) in [5.41, 5.74) is 7.23. The van der Waals surface area contributed by atoms with Crippen LogP contribution in [0.2, 0.25) is 0 Å². The minimum absolute atomic E-state index is 0.136. The summed E-state index contributed by atoms with van der Waals surface area (Å²) in [6.07, 6.45) is 8.81. The van der Waals surface area contributed by atoms with E-state index in [1.165, 1.54) is 48.8 Å². The smallest absolute Gasteiger partial charge is 0.269 e. The average molecular weight is 565 g/mol. The molecule has 42 heavy (non-hydrogen) atoms. The number of nitro benzene ring substituents is 1. The van der Waals surface area contributed by atoms with Crippen LogP contribution in [0.15, 0.2) is 85.1 Å². The van der Waals surface area contributed by atoms with Crippen molar-refractivity contribution in [3.05, 3.63) is 106 Å². The van der Waals surface area contributed by atoms with Crippen molar-refractivity contribution in [2.45, 2.75) is 44.6 Å². The van der Waals surface area contributed by atoms with E-state index in [0.29, 0.717) is 12.5 Å². The Balaban J connectivity index is 1.08. The molecule has 2 fully saturated rings. The molecule has 1 aromatic heterocycles. The first-order valence-corrected chi connectivity index (χ1v) is 15.3. The van der Waals surface area contributed by atoms with Gasteiger partial charge in [-0.1, -0.05) is 61.7 Å². The van der Waals surface area contributed by atoms with Gasteiger partial charge < -0.3 is 10.2 Å². The molecule has 1 N–H and O–H groups in total. The average Bonchev–Trinajstić information content (AvgIpc) is 3.49. The highest BCUT2D eigenvalue weighted by Gasteiger charge is 2.20. The van der Waals surface area contributed by atoms with Crippen molar-refractivity contribution in [1.82, 2.24) is 20.0 Å². The third kappa shape index (κ3) is 6.72. The van der Waals surface area contributed by atoms with Gasteiger partial charge in [0, 0.05) is 75.4 Å². The van der Waals surface area contributed by atoms with Crippen LogP contribution in [-0.2, 0) is 6.54 Å². The van der Waals surface area contributed by atoms with Crippen LogP contribution in [0.1, 0.15) is 49.3 Å². The Hall–Kier alpha value is -4.01. The summed E-state index contributed by atoms with van der Waals surface area (Å²) in [7, 11) is 0. The zero-order valence-corrected chi connectivity index (χ0v) is 24.2.